The van der Waals surface area contributed by atoms with Gasteiger partial charge in [0.25, 0.3) is 11.4 Å². The molecule has 1 aromatic carbocycles. The lowest BCUT2D eigenvalue weighted by Gasteiger charge is -2.16. The first kappa shape index (κ1) is 13.6. The zero-order valence-electron chi connectivity index (χ0n) is 9.82. The van der Waals surface area contributed by atoms with Gasteiger partial charge in [-0.25, -0.2) is 0 Å². The van der Waals surface area contributed by atoms with Crippen molar-refractivity contribution in [1.82, 2.24) is 0 Å². The summed E-state index contributed by atoms with van der Waals surface area (Å²) in [4.78, 5) is 32.4. The van der Waals surface area contributed by atoms with Gasteiger partial charge in [-0.05, 0) is 6.92 Å². The number of nitro benzene ring substituents is 2. The molecule has 18 heavy (non-hydrogen) atoms. The molecule has 0 aliphatic heterocycles. The normalized spacial score (nSPS) is 9.89. The van der Waals surface area contributed by atoms with Crippen LogP contribution >= 0.6 is 0 Å². The maximum Gasteiger partial charge on any atom is 0.300 e. The molecule has 0 aliphatic rings. The Morgan fingerprint density at radius 2 is 1.67 bits per heavy atom. The Labute approximate surface area is 102 Å². The second kappa shape index (κ2) is 5.21. The van der Waals surface area contributed by atoms with Crippen molar-refractivity contribution in [3.63, 3.8) is 0 Å². The van der Waals surface area contributed by atoms with E-state index in [0.717, 1.165) is 12.1 Å². The van der Waals surface area contributed by atoms with E-state index < -0.39 is 21.2 Å². The highest BCUT2D eigenvalue weighted by Crippen LogP contribution is 2.37. The molecule has 1 rings (SSSR count). The average Bonchev–Trinajstić information content (AvgIpc) is 2.35. The minimum absolute atomic E-state index is 0.0957. The summed E-state index contributed by atoms with van der Waals surface area (Å²) in [5.41, 5.74) is -1.09. The summed E-state index contributed by atoms with van der Waals surface area (Å²) < 4.78 is 0. The molecule has 0 fully saturated rings. The zero-order chi connectivity index (χ0) is 13.9. The SMILES string of the molecule is CCN(C)c1c([N+](=O)[O-])cc(C=O)cc1[N+](=O)[O-]. The molecule has 0 unspecified atom stereocenters. The molecule has 0 radical (unpaired) electrons. The largest absolute Gasteiger partial charge is 0.364 e. The first-order valence-corrected chi connectivity index (χ1v) is 5.05. The molecule has 0 atom stereocenters. The third kappa shape index (κ3) is 2.42. The maximum absolute atomic E-state index is 10.9. The van der Waals surface area contributed by atoms with Gasteiger partial charge in [-0.3, -0.25) is 25.0 Å². The fourth-order valence-electron chi connectivity index (χ4n) is 1.52. The number of nitro groups is 2. The summed E-state index contributed by atoms with van der Waals surface area (Å²) >= 11 is 0. The van der Waals surface area contributed by atoms with Crippen molar-refractivity contribution in [2.75, 3.05) is 18.5 Å². The second-order valence-electron chi connectivity index (χ2n) is 3.55. The number of hydrogen-bond donors (Lipinski definition) is 0. The molecule has 0 amide bonds. The van der Waals surface area contributed by atoms with Crippen molar-refractivity contribution < 1.29 is 14.6 Å². The first-order chi connectivity index (χ1) is 8.42. The van der Waals surface area contributed by atoms with Crippen LogP contribution in [0.15, 0.2) is 12.1 Å². The summed E-state index contributed by atoms with van der Waals surface area (Å²) in [6.45, 7) is 2.07. The van der Waals surface area contributed by atoms with E-state index in [0.29, 0.717) is 12.8 Å². The van der Waals surface area contributed by atoms with Crippen LogP contribution in [0.25, 0.3) is 0 Å². The molecule has 0 saturated carbocycles. The molecular weight excluding hydrogens is 242 g/mol. The highest BCUT2D eigenvalue weighted by molar-refractivity contribution is 5.85. The van der Waals surface area contributed by atoms with Gasteiger partial charge in [0.05, 0.1) is 9.85 Å². The molecule has 0 heterocycles. The third-order valence-electron chi connectivity index (χ3n) is 2.48. The number of carbonyl (C=O) groups is 1. The Hall–Kier alpha value is -2.51. The van der Waals surface area contributed by atoms with Crippen LogP contribution in [-0.4, -0.2) is 29.7 Å². The minimum atomic E-state index is -0.735. The lowest BCUT2D eigenvalue weighted by atomic mass is 10.1. The highest BCUT2D eigenvalue weighted by Gasteiger charge is 2.28. The van der Waals surface area contributed by atoms with Crippen LogP contribution in [0.4, 0.5) is 17.1 Å². The number of nitrogens with zero attached hydrogens (tertiary/aromatic N) is 3. The monoisotopic (exact) mass is 253 g/mol. The van der Waals surface area contributed by atoms with Crippen LogP contribution in [0.3, 0.4) is 0 Å². The molecule has 96 valence electrons. The van der Waals surface area contributed by atoms with Gasteiger partial charge in [-0.15, -0.1) is 0 Å². The summed E-state index contributed by atoms with van der Waals surface area (Å²) in [6.07, 6.45) is 0.343. The van der Waals surface area contributed by atoms with Crippen molar-refractivity contribution in [2.24, 2.45) is 0 Å². The van der Waals surface area contributed by atoms with E-state index in [2.05, 4.69) is 0 Å². The van der Waals surface area contributed by atoms with Gasteiger partial charge in [0.15, 0.2) is 12.0 Å². The molecule has 8 heteroatoms. The summed E-state index contributed by atoms with van der Waals surface area (Å²) in [6, 6.07) is 2.06. The Kier molecular flexibility index (Phi) is 3.93. The van der Waals surface area contributed by atoms with E-state index in [4.69, 9.17) is 0 Å². The number of aldehydes is 1. The standard InChI is InChI=1S/C10H11N3O5/c1-3-11(2)10-8(12(15)16)4-7(6-14)5-9(10)13(17)18/h4-6H,3H2,1-2H3. The summed E-state index contributed by atoms with van der Waals surface area (Å²) in [7, 11) is 1.51. The van der Waals surface area contributed by atoms with Crippen LogP contribution in [0.5, 0.6) is 0 Å². The molecule has 0 saturated heterocycles. The quantitative estimate of drug-likeness (QED) is 0.449. The molecule has 0 spiro atoms. The first-order valence-electron chi connectivity index (χ1n) is 5.05. The van der Waals surface area contributed by atoms with Gasteiger partial charge in [0.2, 0.25) is 0 Å². The summed E-state index contributed by atoms with van der Waals surface area (Å²) in [5, 5.41) is 21.9. The third-order valence-corrected chi connectivity index (χ3v) is 2.48. The fourth-order valence-corrected chi connectivity index (χ4v) is 1.52. The number of rotatable bonds is 5. The predicted octanol–water partition coefficient (Wildman–Crippen LogP) is 1.77. The van der Waals surface area contributed by atoms with Crippen LogP contribution in [-0.2, 0) is 0 Å². The molecule has 8 nitrogen and oxygen atoms in total. The van der Waals surface area contributed by atoms with Crippen LogP contribution in [0, 0.1) is 20.2 Å². The Morgan fingerprint density at radius 3 is 1.94 bits per heavy atom. The van der Waals surface area contributed by atoms with Crippen LogP contribution < -0.4 is 4.90 Å². The van der Waals surface area contributed by atoms with E-state index in [1.165, 1.54) is 11.9 Å². The van der Waals surface area contributed by atoms with Crippen molar-refractivity contribution >= 4 is 23.3 Å². The smallest absolute Gasteiger partial charge is 0.300 e. The average molecular weight is 253 g/mol. The van der Waals surface area contributed by atoms with Gasteiger partial charge in [-0.2, -0.15) is 0 Å². The van der Waals surface area contributed by atoms with Crippen LogP contribution in [0.2, 0.25) is 0 Å². The van der Waals surface area contributed by atoms with E-state index in [-0.39, 0.29) is 11.3 Å². The van der Waals surface area contributed by atoms with Crippen molar-refractivity contribution in [2.45, 2.75) is 6.92 Å². The minimum Gasteiger partial charge on any atom is -0.364 e. The van der Waals surface area contributed by atoms with Gasteiger partial charge >= 0.3 is 0 Å². The lowest BCUT2D eigenvalue weighted by molar-refractivity contribution is -0.392. The van der Waals surface area contributed by atoms with Gasteiger partial charge in [-0.1, -0.05) is 0 Å². The second-order valence-corrected chi connectivity index (χ2v) is 3.55. The van der Waals surface area contributed by atoms with E-state index in [1.54, 1.807) is 6.92 Å². The maximum atomic E-state index is 10.9. The summed E-state index contributed by atoms with van der Waals surface area (Å²) in [5.74, 6) is 0. The predicted molar refractivity (Wildman–Crippen MR) is 64.1 cm³/mol. The van der Waals surface area contributed by atoms with Crippen molar-refractivity contribution in [3.8, 4) is 0 Å². The van der Waals surface area contributed by atoms with E-state index >= 15 is 0 Å². The Bertz CT molecular complexity index is 479. The molecule has 0 aromatic heterocycles. The molecule has 0 bridgehead atoms. The highest BCUT2D eigenvalue weighted by atomic mass is 16.6. The fraction of sp³-hybridized carbons (Fsp3) is 0.300. The van der Waals surface area contributed by atoms with Crippen molar-refractivity contribution in [1.29, 1.82) is 0 Å². The van der Waals surface area contributed by atoms with Gasteiger partial charge < -0.3 is 4.90 Å². The van der Waals surface area contributed by atoms with Crippen molar-refractivity contribution in [3.05, 3.63) is 37.9 Å². The Morgan fingerprint density at radius 1 is 1.22 bits per heavy atom. The molecule has 0 aliphatic carbocycles. The lowest BCUT2D eigenvalue weighted by Crippen LogP contribution is -2.19. The number of carbonyl (C=O) groups excluding carboxylic acids is 1. The van der Waals surface area contributed by atoms with E-state index in [1.807, 2.05) is 0 Å². The van der Waals surface area contributed by atoms with E-state index in [9.17, 15) is 25.0 Å². The number of benzene rings is 1. The van der Waals surface area contributed by atoms with Crippen LogP contribution in [0.1, 0.15) is 17.3 Å². The topological polar surface area (TPSA) is 107 Å². The molecule has 0 N–H and O–H groups in total. The van der Waals surface area contributed by atoms with Gasteiger partial charge in [0, 0.05) is 31.3 Å². The molecular formula is C10H11N3O5. The van der Waals surface area contributed by atoms with Gasteiger partial charge in [0.1, 0.15) is 0 Å². The zero-order valence-corrected chi connectivity index (χ0v) is 9.82. The number of anilines is 1. The Balaban J connectivity index is 3.65. The number of hydrogen-bond acceptors (Lipinski definition) is 6. The molecule has 1 aromatic rings.